The lowest BCUT2D eigenvalue weighted by molar-refractivity contribution is -0.138. The Hall–Kier alpha value is -0.860. The minimum absolute atomic E-state index is 0.200. The van der Waals surface area contributed by atoms with Crippen LogP contribution in [0.3, 0.4) is 0 Å². The van der Waals surface area contributed by atoms with E-state index in [0.29, 0.717) is 11.8 Å². The molecule has 0 N–H and O–H groups in total. The molecular weight excluding hydrogens is 166 g/mol. The topological polar surface area (TPSA) is 38.7 Å². The summed E-state index contributed by atoms with van der Waals surface area (Å²) in [5, 5.41) is 0. The van der Waals surface area contributed by atoms with Gasteiger partial charge in [0, 0.05) is 5.92 Å². The van der Waals surface area contributed by atoms with Crippen molar-refractivity contribution in [2.24, 2.45) is 10.9 Å². The lowest BCUT2D eigenvalue weighted by Crippen LogP contribution is -2.25. The summed E-state index contributed by atoms with van der Waals surface area (Å²) in [5.74, 6) is 0.896. The molecule has 1 heterocycles. The largest absolute Gasteiger partial charge is 0.410 e. The van der Waals surface area contributed by atoms with Gasteiger partial charge in [-0.3, -0.25) is 0 Å². The maximum Gasteiger partial charge on any atom is 0.340 e. The van der Waals surface area contributed by atoms with Gasteiger partial charge in [0.15, 0.2) is 11.4 Å². The number of esters is 1. The third kappa shape index (κ3) is 1.47. The molecule has 2 rings (SSSR count). The predicted octanol–water partition coefficient (Wildman–Crippen LogP) is 1.91. The fourth-order valence-electron chi connectivity index (χ4n) is 1.91. The van der Waals surface area contributed by atoms with Gasteiger partial charge in [-0.25, -0.2) is 9.79 Å². The Bertz CT molecular complexity index is 262. The zero-order valence-corrected chi connectivity index (χ0v) is 8.17. The van der Waals surface area contributed by atoms with E-state index < -0.39 is 5.54 Å². The Morgan fingerprint density at radius 2 is 2.00 bits per heavy atom. The molecule has 2 aliphatic rings. The number of hydrogen-bond donors (Lipinski definition) is 0. The van der Waals surface area contributed by atoms with Crippen molar-refractivity contribution in [3.63, 3.8) is 0 Å². The van der Waals surface area contributed by atoms with Gasteiger partial charge in [0.2, 0.25) is 0 Å². The monoisotopic (exact) mass is 181 g/mol. The maximum atomic E-state index is 11.3. The molecule has 1 fully saturated rings. The lowest BCUT2D eigenvalue weighted by Gasteiger charge is -2.05. The lowest BCUT2D eigenvalue weighted by atomic mass is 10.1. The highest BCUT2D eigenvalue weighted by molar-refractivity contribution is 6.00. The molecule has 0 saturated heterocycles. The Kier molecular flexibility index (Phi) is 1.90. The van der Waals surface area contributed by atoms with Gasteiger partial charge < -0.3 is 4.74 Å². The van der Waals surface area contributed by atoms with E-state index in [0.717, 1.165) is 12.8 Å². The Morgan fingerprint density at radius 3 is 2.46 bits per heavy atom. The van der Waals surface area contributed by atoms with Crippen molar-refractivity contribution in [1.29, 1.82) is 0 Å². The molecule has 1 aliphatic carbocycles. The smallest absolute Gasteiger partial charge is 0.340 e. The van der Waals surface area contributed by atoms with Gasteiger partial charge in [0.25, 0.3) is 0 Å². The molecule has 0 amide bonds. The SMILES string of the molecule is CC1(C)N=C(C2CCCC2)OC1=O. The number of rotatable bonds is 1. The zero-order valence-electron chi connectivity index (χ0n) is 8.17. The van der Waals surface area contributed by atoms with E-state index in [9.17, 15) is 4.79 Å². The van der Waals surface area contributed by atoms with Gasteiger partial charge in [-0.05, 0) is 26.7 Å². The second-order valence-corrected chi connectivity index (χ2v) is 4.38. The van der Waals surface area contributed by atoms with Gasteiger partial charge in [-0.2, -0.15) is 0 Å². The minimum Gasteiger partial charge on any atom is -0.410 e. The van der Waals surface area contributed by atoms with Crippen molar-refractivity contribution in [1.82, 2.24) is 0 Å². The molecule has 0 radical (unpaired) electrons. The van der Waals surface area contributed by atoms with Crippen molar-refractivity contribution in [2.45, 2.75) is 45.1 Å². The average Bonchev–Trinajstić information content (AvgIpc) is 2.60. The summed E-state index contributed by atoms with van der Waals surface area (Å²) in [6.07, 6.45) is 4.73. The standard InChI is InChI=1S/C10H15NO2/c1-10(2)9(12)13-8(11-10)7-5-3-4-6-7/h7H,3-6H2,1-2H3. The Morgan fingerprint density at radius 1 is 1.38 bits per heavy atom. The van der Waals surface area contributed by atoms with Gasteiger partial charge in [0.05, 0.1) is 0 Å². The van der Waals surface area contributed by atoms with Crippen LogP contribution in [-0.2, 0) is 9.53 Å². The molecule has 1 aliphatic heterocycles. The summed E-state index contributed by atoms with van der Waals surface area (Å²) in [5.41, 5.74) is -0.641. The number of carbonyl (C=O) groups excluding carboxylic acids is 1. The summed E-state index contributed by atoms with van der Waals surface area (Å²) < 4.78 is 5.17. The van der Waals surface area contributed by atoms with E-state index in [2.05, 4.69) is 4.99 Å². The predicted molar refractivity (Wildman–Crippen MR) is 49.6 cm³/mol. The van der Waals surface area contributed by atoms with Crippen LogP contribution < -0.4 is 0 Å². The number of carbonyl (C=O) groups is 1. The van der Waals surface area contributed by atoms with Crippen LogP contribution in [0.1, 0.15) is 39.5 Å². The van der Waals surface area contributed by atoms with E-state index >= 15 is 0 Å². The van der Waals surface area contributed by atoms with Crippen molar-refractivity contribution in [2.75, 3.05) is 0 Å². The van der Waals surface area contributed by atoms with E-state index in [1.807, 2.05) is 0 Å². The molecular formula is C10H15NO2. The van der Waals surface area contributed by atoms with Crippen LogP contribution >= 0.6 is 0 Å². The summed E-state index contributed by atoms with van der Waals surface area (Å²) in [4.78, 5) is 15.7. The van der Waals surface area contributed by atoms with E-state index in [1.54, 1.807) is 13.8 Å². The molecule has 3 nitrogen and oxygen atoms in total. The first-order valence-corrected chi connectivity index (χ1v) is 4.91. The number of nitrogens with zero attached hydrogens (tertiary/aromatic N) is 1. The molecule has 1 saturated carbocycles. The molecule has 3 heteroatoms. The van der Waals surface area contributed by atoms with Crippen LogP contribution in [0, 0.1) is 5.92 Å². The number of ether oxygens (including phenoxy) is 1. The molecule has 72 valence electrons. The normalized spacial score (nSPS) is 27.5. The van der Waals surface area contributed by atoms with E-state index in [-0.39, 0.29) is 5.97 Å². The molecule has 0 bridgehead atoms. The summed E-state index contributed by atoms with van der Waals surface area (Å²) in [6.45, 7) is 3.61. The highest BCUT2D eigenvalue weighted by Gasteiger charge is 2.39. The quantitative estimate of drug-likeness (QED) is 0.579. The number of hydrogen-bond acceptors (Lipinski definition) is 3. The molecule has 0 aromatic heterocycles. The summed E-state index contributed by atoms with van der Waals surface area (Å²) in [7, 11) is 0. The fourth-order valence-corrected chi connectivity index (χ4v) is 1.91. The molecule has 0 aromatic rings. The van der Waals surface area contributed by atoms with E-state index in [4.69, 9.17) is 4.74 Å². The third-order valence-electron chi connectivity index (χ3n) is 2.79. The average molecular weight is 181 g/mol. The van der Waals surface area contributed by atoms with Gasteiger partial charge in [-0.1, -0.05) is 12.8 Å². The molecule has 13 heavy (non-hydrogen) atoms. The first-order chi connectivity index (χ1) is 6.09. The van der Waals surface area contributed by atoms with Gasteiger partial charge in [0.1, 0.15) is 0 Å². The van der Waals surface area contributed by atoms with Crippen molar-refractivity contribution < 1.29 is 9.53 Å². The molecule has 0 spiro atoms. The maximum absolute atomic E-state index is 11.3. The van der Waals surface area contributed by atoms with Crippen LogP contribution in [0.25, 0.3) is 0 Å². The van der Waals surface area contributed by atoms with Crippen LogP contribution in [0.5, 0.6) is 0 Å². The highest BCUT2D eigenvalue weighted by Crippen LogP contribution is 2.31. The van der Waals surface area contributed by atoms with Crippen LogP contribution in [0.4, 0.5) is 0 Å². The van der Waals surface area contributed by atoms with Gasteiger partial charge in [-0.15, -0.1) is 0 Å². The minimum atomic E-state index is -0.641. The molecule has 0 atom stereocenters. The third-order valence-corrected chi connectivity index (χ3v) is 2.79. The van der Waals surface area contributed by atoms with Crippen LogP contribution in [-0.4, -0.2) is 17.4 Å². The molecule has 0 unspecified atom stereocenters. The second kappa shape index (κ2) is 2.82. The Labute approximate surface area is 78.2 Å². The summed E-state index contributed by atoms with van der Waals surface area (Å²) in [6, 6.07) is 0. The Balaban J connectivity index is 2.13. The first kappa shape index (κ1) is 8.73. The highest BCUT2D eigenvalue weighted by atomic mass is 16.6. The molecule has 0 aromatic carbocycles. The number of cyclic esters (lactones) is 1. The summed E-state index contributed by atoms with van der Waals surface area (Å²) >= 11 is 0. The van der Waals surface area contributed by atoms with Crippen molar-refractivity contribution in [3.8, 4) is 0 Å². The van der Waals surface area contributed by atoms with Crippen LogP contribution in [0.2, 0.25) is 0 Å². The first-order valence-electron chi connectivity index (χ1n) is 4.91. The zero-order chi connectivity index (χ0) is 9.47. The second-order valence-electron chi connectivity index (χ2n) is 4.38. The van der Waals surface area contributed by atoms with Gasteiger partial charge >= 0.3 is 5.97 Å². The van der Waals surface area contributed by atoms with E-state index in [1.165, 1.54) is 12.8 Å². The van der Waals surface area contributed by atoms with Crippen molar-refractivity contribution in [3.05, 3.63) is 0 Å². The fraction of sp³-hybridized carbons (Fsp3) is 0.800. The van der Waals surface area contributed by atoms with Crippen molar-refractivity contribution >= 4 is 11.9 Å². The van der Waals surface area contributed by atoms with Crippen LogP contribution in [0.15, 0.2) is 4.99 Å². The number of aliphatic imine (C=N–C) groups is 1.